The normalized spacial score (nSPS) is 11.3. The highest BCUT2D eigenvalue weighted by atomic mass is 79.9. The average Bonchev–Trinajstić information content (AvgIpc) is 3.01. The van der Waals surface area contributed by atoms with Gasteiger partial charge in [0.1, 0.15) is 11.9 Å². The van der Waals surface area contributed by atoms with Crippen LogP contribution in [0.1, 0.15) is 36.5 Å². The van der Waals surface area contributed by atoms with Crippen molar-refractivity contribution in [2.75, 3.05) is 14.2 Å². The zero-order chi connectivity index (χ0) is 31.5. The van der Waals surface area contributed by atoms with E-state index in [0.717, 1.165) is 28.6 Å². The molecule has 0 radical (unpaired) electrons. The molecular formula is C32H28BrN5O6. The zero-order valence-electron chi connectivity index (χ0n) is 24.6. The largest absolute Gasteiger partial charge is 0.496 e. The lowest BCUT2D eigenvalue weighted by molar-refractivity contribution is -0.385. The smallest absolute Gasteiger partial charge is 0.287 e. The molecule has 224 valence electrons. The first-order valence-corrected chi connectivity index (χ1v) is 14.3. The second-order valence-electron chi connectivity index (χ2n) is 10.1. The minimum Gasteiger partial charge on any atom is -0.496 e. The number of ether oxygens (including phenoxy) is 3. The number of fused-ring (bicyclic) bond motifs is 1. The molecule has 0 N–H and O–H groups in total. The van der Waals surface area contributed by atoms with E-state index >= 15 is 0 Å². The number of methoxy groups -OCH3 is 2. The number of hydrogen-bond acceptors (Lipinski definition) is 9. The van der Waals surface area contributed by atoms with Crippen LogP contribution in [-0.4, -0.2) is 40.0 Å². The Morgan fingerprint density at radius 1 is 1.02 bits per heavy atom. The number of hydrogen-bond donors (Lipinski definition) is 0. The lowest BCUT2D eigenvalue weighted by atomic mass is 9.96. The summed E-state index contributed by atoms with van der Waals surface area (Å²) in [6, 6.07) is 17.1. The summed E-state index contributed by atoms with van der Waals surface area (Å²) in [6.45, 7) is 6.09. The molecule has 0 bridgehead atoms. The van der Waals surface area contributed by atoms with Gasteiger partial charge in [-0.2, -0.15) is 9.78 Å². The molecule has 0 atom stereocenters. The lowest BCUT2D eigenvalue weighted by Crippen LogP contribution is -2.21. The van der Waals surface area contributed by atoms with E-state index in [4.69, 9.17) is 19.2 Å². The van der Waals surface area contributed by atoms with Crippen molar-refractivity contribution < 1.29 is 19.1 Å². The van der Waals surface area contributed by atoms with E-state index in [0.29, 0.717) is 38.3 Å². The third kappa shape index (κ3) is 6.02. The fraction of sp³-hybridized carbons (Fsp3) is 0.188. The molecule has 0 spiro atoms. The Morgan fingerprint density at radius 3 is 2.43 bits per heavy atom. The first kappa shape index (κ1) is 30.4. The quantitative estimate of drug-likeness (QED) is 0.0920. The van der Waals surface area contributed by atoms with Crippen LogP contribution in [0, 0.1) is 17.0 Å². The molecule has 0 fully saturated rings. The molecule has 0 saturated carbocycles. The van der Waals surface area contributed by atoms with Gasteiger partial charge in [0, 0.05) is 27.7 Å². The Labute approximate surface area is 261 Å². The molecule has 12 heteroatoms. The van der Waals surface area contributed by atoms with Crippen molar-refractivity contribution in [3.63, 3.8) is 0 Å². The van der Waals surface area contributed by atoms with Crippen molar-refractivity contribution in [1.82, 2.24) is 14.6 Å². The fourth-order valence-corrected chi connectivity index (χ4v) is 5.06. The number of pyridine rings is 1. The van der Waals surface area contributed by atoms with Crippen molar-refractivity contribution in [2.45, 2.75) is 26.7 Å². The van der Waals surface area contributed by atoms with Crippen LogP contribution < -0.4 is 19.8 Å². The lowest BCUT2D eigenvalue weighted by Gasteiger charge is -2.17. The minimum absolute atomic E-state index is 0.149. The topological polar surface area (TPSA) is 131 Å². The maximum absolute atomic E-state index is 13.8. The van der Waals surface area contributed by atoms with Crippen molar-refractivity contribution in [3.8, 4) is 34.5 Å². The van der Waals surface area contributed by atoms with Gasteiger partial charge in [0.15, 0.2) is 17.3 Å². The molecule has 0 unspecified atom stereocenters. The number of benzene rings is 3. The van der Waals surface area contributed by atoms with Gasteiger partial charge in [0.05, 0.1) is 36.3 Å². The summed E-state index contributed by atoms with van der Waals surface area (Å²) >= 11 is 3.55. The monoisotopic (exact) mass is 657 g/mol. The van der Waals surface area contributed by atoms with Gasteiger partial charge >= 0.3 is 0 Å². The number of aromatic nitrogens is 3. The van der Waals surface area contributed by atoms with E-state index in [1.165, 1.54) is 30.1 Å². The highest BCUT2D eigenvalue weighted by Crippen LogP contribution is 2.37. The molecule has 2 heterocycles. The van der Waals surface area contributed by atoms with Crippen LogP contribution in [-0.2, 0) is 0 Å². The highest BCUT2D eigenvalue weighted by molar-refractivity contribution is 9.10. The van der Waals surface area contributed by atoms with Crippen LogP contribution >= 0.6 is 15.9 Å². The summed E-state index contributed by atoms with van der Waals surface area (Å²) < 4.78 is 18.9. The zero-order valence-corrected chi connectivity index (χ0v) is 26.2. The van der Waals surface area contributed by atoms with E-state index in [2.05, 4.69) is 39.9 Å². The molecule has 5 rings (SSSR count). The van der Waals surface area contributed by atoms with Gasteiger partial charge < -0.3 is 14.2 Å². The Balaban J connectivity index is 1.60. The van der Waals surface area contributed by atoms with E-state index in [9.17, 15) is 14.9 Å². The van der Waals surface area contributed by atoms with Crippen molar-refractivity contribution in [2.24, 2.45) is 5.10 Å². The summed E-state index contributed by atoms with van der Waals surface area (Å²) in [6.07, 6.45) is 2.64. The molecule has 3 aromatic carbocycles. The molecule has 44 heavy (non-hydrogen) atoms. The SMILES string of the molecule is COc1cc(C=Nn2c(-c3cc(C(C)C)c(OC)cc3C)nc3ccccc3c2=O)c(Br)cc1Oc1ccc([N+](=O)[O-])cn1. The third-order valence-electron chi connectivity index (χ3n) is 6.93. The summed E-state index contributed by atoms with van der Waals surface area (Å²) in [5.41, 5.74) is 3.29. The molecule has 0 saturated heterocycles. The molecule has 11 nitrogen and oxygen atoms in total. The summed E-state index contributed by atoms with van der Waals surface area (Å²) in [5, 5.41) is 16.0. The molecule has 0 aliphatic rings. The molecule has 2 aromatic heterocycles. The summed E-state index contributed by atoms with van der Waals surface area (Å²) in [7, 11) is 3.12. The van der Waals surface area contributed by atoms with Crippen LogP contribution in [0.5, 0.6) is 23.1 Å². The Bertz CT molecular complexity index is 1970. The minimum atomic E-state index is -0.539. The number of aryl methyl sites for hydroxylation is 1. The standard InChI is InChI=1S/C32H28BrN5O6/c1-18(2)23-14-24(19(3)12-27(23)42-4)31-36-26-9-7-6-8-22(26)32(39)37(31)35-16-20-13-28(43-5)29(15-25(20)33)44-30-11-10-21(17-34-30)38(40)41/h6-18H,1-5H3. The Morgan fingerprint density at radius 2 is 1.77 bits per heavy atom. The summed E-state index contributed by atoms with van der Waals surface area (Å²) in [5.74, 6) is 2.14. The Kier molecular flexibility index (Phi) is 8.72. The van der Waals surface area contributed by atoms with E-state index in [1.807, 2.05) is 25.1 Å². The van der Waals surface area contributed by atoms with Gasteiger partial charge in [-0.25, -0.2) is 9.97 Å². The number of para-hydroxylation sites is 1. The van der Waals surface area contributed by atoms with Crippen LogP contribution in [0.25, 0.3) is 22.3 Å². The third-order valence-corrected chi connectivity index (χ3v) is 7.62. The maximum atomic E-state index is 13.8. The van der Waals surface area contributed by atoms with Gasteiger partial charge in [-0.05, 0) is 76.3 Å². The molecular weight excluding hydrogens is 630 g/mol. The van der Waals surface area contributed by atoms with Gasteiger partial charge in [0.2, 0.25) is 5.88 Å². The van der Waals surface area contributed by atoms with Crippen LogP contribution in [0.15, 0.2) is 81.2 Å². The highest BCUT2D eigenvalue weighted by Gasteiger charge is 2.19. The van der Waals surface area contributed by atoms with Crippen LogP contribution in [0.2, 0.25) is 0 Å². The number of rotatable bonds is 9. The number of nitro groups is 1. The maximum Gasteiger partial charge on any atom is 0.287 e. The van der Waals surface area contributed by atoms with Crippen molar-refractivity contribution >= 4 is 38.7 Å². The molecule has 5 aromatic rings. The molecule has 0 aliphatic heterocycles. The van der Waals surface area contributed by atoms with Crippen molar-refractivity contribution in [1.29, 1.82) is 0 Å². The van der Waals surface area contributed by atoms with Gasteiger partial charge in [-0.1, -0.05) is 26.0 Å². The second kappa shape index (κ2) is 12.6. The average molecular weight is 659 g/mol. The van der Waals surface area contributed by atoms with Crippen LogP contribution in [0.4, 0.5) is 5.69 Å². The van der Waals surface area contributed by atoms with Crippen molar-refractivity contribution in [3.05, 3.63) is 108 Å². The second-order valence-corrected chi connectivity index (χ2v) is 11.0. The first-order valence-electron chi connectivity index (χ1n) is 13.5. The van der Waals surface area contributed by atoms with E-state index < -0.39 is 4.92 Å². The van der Waals surface area contributed by atoms with Gasteiger partial charge in [-0.3, -0.25) is 14.9 Å². The van der Waals surface area contributed by atoms with E-state index in [1.54, 1.807) is 37.4 Å². The fourth-order valence-electron chi connectivity index (χ4n) is 4.63. The van der Waals surface area contributed by atoms with Gasteiger partial charge in [0.25, 0.3) is 11.2 Å². The van der Waals surface area contributed by atoms with Gasteiger partial charge in [-0.15, -0.1) is 0 Å². The first-order chi connectivity index (χ1) is 21.1. The predicted molar refractivity (Wildman–Crippen MR) is 171 cm³/mol. The summed E-state index contributed by atoms with van der Waals surface area (Å²) in [4.78, 5) is 33.1. The molecule has 0 amide bonds. The Hall–Kier alpha value is -5.10. The predicted octanol–water partition coefficient (Wildman–Crippen LogP) is 7.25. The number of nitrogens with zero attached hydrogens (tertiary/aromatic N) is 5. The molecule has 0 aliphatic carbocycles. The van der Waals surface area contributed by atoms with E-state index in [-0.39, 0.29) is 23.0 Å². The van der Waals surface area contributed by atoms with Crippen LogP contribution in [0.3, 0.4) is 0 Å². The number of halogens is 1.